The predicted molar refractivity (Wildman–Crippen MR) is 72.7 cm³/mol. The average Bonchev–Trinajstić information content (AvgIpc) is 2.24. The molecule has 1 aromatic rings. The van der Waals surface area contributed by atoms with E-state index in [-0.39, 0.29) is 12.3 Å². The number of rotatable bonds is 4. The van der Waals surface area contributed by atoms with Gasteiger partial charge in [-0.1, -0.05) is 11.8 Å². The first kappa shape index (κ1) is 15.5. The van der Waals surface area contributed by atoms with Crippen molar-refractivity contribution in [2.75, 3.05) is 22.7 Å². The number of nitrogens with one attached hydrogen (secondary N) is 1. The van der Waals surface area contributed by atoms with Crippen LogP contribution in [0.3, 0.4) is 0 Å². The van der Waals surface area contributed by atoms with Crippen LogP contribution < -0.4 is 4.72 Å². The number of sulfonamides is 1. The zero-order chi connectivity index (χ0) is 14.5. The molecule has 0 aliphatic heterocycles. The summed E-state index contributed by atoms with van der Waals surface area (Å²) in [7, 11) is -7.56. The maximum atomic E-state index is 11.5. The Morgan fingerprint density at radius 3 is 2.21 bits per heavy atom. The van der Waals surface area contributed by atoms with Crippen molar-refractivity contribution in [1.82, 2.24) is 0 Å². The summed E-state index contributed by atoms with van der Waals surface area (Å²) in [6.07, 6.45) is 0.847. The summed E-state index contributed by atoms with van der Waals surface area (Å²) in [6.45, 7) is -0.261. The fraction of sp³-hybridized carbons (Fsp3) is 0.273. The maximum Gasteiger partial charge on any atom is 0.247 e. The third-order valence-electron chi connectivity index (χ3n) is 1.84. The number of anilines is 1. The number of aliphatic hydroxyl groups excluding tert-OH is 1. The van der Waals surface area contributed by atoms with Gasteiger partial charge in [-0.25, -0.2) is 16.8 Å². The van der Waals surface area contributed by atoms with E-state index in [0.717, 1.165) is 6.26 Å². The summed E-state index contributed by atoms with van der Waals surface area (Å²) in [5.41, 5.74) is 0.860. The molecular formula is C11H13NO5S2. The number of hydrogen-bond donors (Lipinski definition) is 2. The van der Waals surface area contributed by atoms with E-state index in [4.69, 9.17) is 5.11 Å². The minimum absolute atomic E-state index is 0.248. The molecule has 0 bridgehead atoms. The first-order valence-electron chi connectivity index (χ1n) is 5.10. The molecule has 104 valence electrons. The normalized spacial score (nSPS) is 11.5. The highest BCUT2D eigenvalue weighted by atomic mass is 32.3. The third kappa shape index (κ3) is 6.24. The number of hydrogen-bond acceptors (Lipinski definition) is 5. The minimum Gasteiger partial charge on any atom is -0.384 e. The fourth-order valence-electron chi connectivity index (χ4n) is 1.25. The molecule has 1 rings (SSSR count). The van der Waals surface area contributed by atoms with Crippen molar-refractivity contribution in [3.8, 4) is 11.8 Å². The van der Waals surface area contributed by atoms with E-state index in [9.17, 15) is 16.8 Å². The van der Waals surface area contributed by atoms with Crippen LogP contribution in [-0.2, 0) is 19.9 Å². The summed E-state index contributed by atoms with van der Waals surface area (Å²) in [5, 5.41) is 7.55. The predicted octanol–water partition coefficient (Wildman–Crippen LogP) is -0.226. The average molecular weight is 303 g/mol. The van der Waals surface area contributed by atoms with E-state index in [1.165, 1.54) is 12.1 Å². The zero-order valence-electron chi connectivity index (χ0n) is 10.1. The van der Waals surface area contributed by atoms with Gasteiger partial charge in [0.05, 0.1) is 0 Å². The molecular weight excluding hydrogens is 290 g/mol. The van der Waals surface area contributed by atoms with E-state index in [1.54, 1.807) is 12.1 Å². The van der Waals surface area contributed by atoms with Crippen LogP contribution in [0.4, 0.5) is 5.69 Å². The van der Waals surface area contributed by atoms with Crippen LogP contribution in [-0.4, -0.2) is 39.9 Å². The summed E-state index contributed by atoms with van der Waals surface area (Å²) < 4.78 is 47.1. The first-order valence-corrected chi connectivity index (χ1v) is 8.81. The summed E-state index contributed by atoms with van der Waals surface area (Å²) in [6, 6.07) is 6.03. The second-order valence-electron chi connectivity index (χ2n) is 3.80. The molecule has 2 N–H and O–H groups in total. The van der Waals surface area contributed by atoms with Gasteiger partial charge >= 0.3 is 0 Å². The topological polar surface area (TPSA) is 101 Å². The fourth-order valence-corrected chi connectivity index (χ4v) is 4.24. The highest BCUT2D eigenvalue weighted by Gasteiger charge is 2.17. The lowest BCUT2D eigenvalue weighted by molar-refractivity contribution is 0.350. The summed E-state index contributed by atoms with van der Waals surface area (Å²) in [5.74, 6) is 5.10. The Bertz CT molecular complexity index is 694. The van der Waals surface area contributed by atoms with Gasteiger partial charge in [-0.05, 0) is 24.3 Å². The van der Waals surface area contributed by atoms with Crippen LogP contribution in [0.5, 0.6) is 0 Å². The molecule has 0 aliphatic rings. The Hall–Kier alpha value is -1.56. The summed E-state index contributed by atoms with van der Waals surface area (Å²) >= 11 is 0. The molecule has 0 heterocycles. The van der Waals surface area contributed by atoms with E-state index in [2.05, 4.69) is 16.6 Å². The van der Waals surface area contributed by atoms with Crippen molar-refractivity contribution in [3.05, 3.63) is 29.8 Å². The van der Waals surface area contributed by atoms with Gasteiger partial charge in [0.15, 0.2) is 14.9 Å². The Balaban J connectivity index is 2.84. The van der Waals surface area contributed by atoms with Crippen molar-refractivity contribution in [2.24, 2.45) is 0 Å². The highest BCUT2D eigenvalue weighted by molar-refractivity contribution is 8.08. The van der Waals surface area contributed by atoms with E-state index >= 15 is 0 Å². The second-order valence-corrected chi connectivity index (χ2v) is 8.03. The van der Waals surface area contributed by atoms with Gasteiger partial charge in [0.1, 0.15) is 6.61 Å². The highest BCUT2D eigenvalue weighted by Crippen LogP contribution is 2.11. The van der Waals surface area contributed by atoms with Gasteiger partial charge in [-0.15, -0.1) is 0 Å². The lowest BCUT2D eigenvalue weighted by atomic mass is 10.2. The smallest absolute Gasteiger partial charge is 0.247 e. The molecule has 19 heavy (non-hydrogen) atoms. The molecule has 0 radical (unpaired) electrons. The lowest BCUT2D eigenvalue weighted by Gasteiger charge is -2.06. The second kappa shape index (κ2) is 6.06. The van der Waals surface area contributed by atoms with Gasteiger partial charge in [0.2, 0.25) is 10.0 Å². The van der Waals surface area contributed by atoms with Gasteiger partial charge < -0.3 is 5.11 Å². The lowest BCUT2D eigenvalue weighted by Crippen LogP contribution is -2.22. The quantitative estimate of drug-likeness (QED) is 0.749. The van der Waals surface area contributed by atoms with Crippen LogP contribution in [0.25, 0.3) is 0 Å². The Kier molecular flexibility index (Phi) is 4.94. The molecule has 0 amide bonds. The number of aliphatic hydroxyl groups is 1. The van der Waals surface area contributed by atoms with Crippen molar-refractivity contribution in [3.63, 3.8) is 0 Å². The van der Waals surface area contributed by atoms with Gasteiger partial charge in [-0.2, -0.15) is 0 Å². The van der Waals surface area contributed by atoms with E-state index in [0.29, 0.717) is 5.56 Å². The van der Waals surface area contributed by atoms with Crippen LogP contribution in [0, 0.1) is 11.8 Å². The Morgan fingerprint density at radius 2 is 1.74 bits per heavy atom. The van der Waals surface area contributed by atoms with Crippen LogP contribution in [0.1, 0.15) is 5.56 Å². The molecule has 0 atom stereocenters. The van der Waals surface area contributed by atoms with Crippen LogP contribution >= 0.6 is 0 Å². The minimum atomic E-state index is -3.94. The molecule has 0 aliphatic carbocycles. The molecule has 0 fully saturated rings. The molecule has 8 heteroatoms. The standard InChI is InChI=1S/C11H13NO5S2/c1-18(14,15)9-19(16,17)12-11-6-4-10(5-7-11)3-2-8-13/h4-7,12-13H,8-9H2,1H3. The molecule has 0 spiro atoms. The van der Waals surface area contributed by atoms with Gasteiger partial charge in [-0.3, -0.25) is 4.72 Å². The molecule has 0 aromatic heterocycles. The maximum absolute atomic E-state index is 11.5. The van der Waals surface area contributed by atoms with Crippen molar-refractivity contribution < 1.29 is 21.9 Å². The Labute approximate surface area is 112 Å². The largest absolute Gasteiger partial charge is 0.384 e. The van der Waals surface area contributed by atoms with Gasteiger partial charge in [0.25, 0.3) is 0 Å². The zero-order valence-corrected chi connectivity index (χ0v) is 11.8. The molecule has 1 aromatic carbocycles. The van der Waals surface area contributed by atoms with Crippen molar-refractivity contribution in [1.29, 1.82) is 0 Å². The number of benzene rings is 1. The summed E-state index contributed by atoms with van der Waals surface area (Å²) in [4.78, 5) is 0. The monoisotopic (exact) mass is 303 g/mol. The van der Waals surface area contributed by atoms with Gasteiger partial charge in [0, 0.05) is 17.5 Å². The van der Waals surface area contributed by atoms with Crippen molar-refractivity contribution in [2.45, 2.75) is 0 Å². The van der Waals surface area contributed by atoms with Crippen LogP contribution in [0.2, 0.25) is 0 Å². The Morgan fingerprint density at radius 1 is 1.16 bits per heavy atom. The van der Waals surface area contributed by atoms with Crippen molar-refractivity contribution >= 4 is 25.5 Å². The first-order chi connectivity index (χ1) is 8.72. The van der Waals surface area contributed by atoms with E-state index < -0.39 is 24.9 Å². The third-order valence-corrected chi connectivity index (χ3v) is 5.34. The number of sulfone groups is 1. The molecule has 0 saturated carbocycles. The van der Waals surface area contributed by atoms with Crippen LogP contribution in [0.15, 0.2) is 24.3 Å². The molecule has 0 unspecified atom stereocenters. The molecule has 0 saturated heterocycles. The molecule has 6 nitrogen and oxygen atoms in total. The van der Waals surface area contributed by atoms with E-state index in [1.807, 2.05) is 0 Å². The SMILES string of the molecule is CS(=O)(=O)CS(=O)(=O)Nc1ccc(C#CCO)cc1.